The Balaban J connectivity index is 1.61. The van der Waals surface area contributed by atoms with E-state index in [0.29, 0.717) is 17.2 Å². The molecule has 5 nitrogen and oxygen atoms in total. The number of ether oxygens (including phenoxy) is 1. The molecule has 0 bridgehead atoms. The fourth-order valence-electron chi connectivity index (χ4n) is 3.16. The zero-order valence-electron chi connectivity index (χ0n) is 14.7. The van der Waals surface area contributed by atoms with Gasteiger partial charge in [-0.15, -0.1) is 0 Å². The van der Waals surface area contributed by atoms with Crippen molar-refractivity contribution in [1.29, 1.82) is 5.26 Å². The average Bonchev–Trinajstić information content (AvgIpc) is 3.20. The summed E-state index contributed by atoms with van der Waals surface area (Å²) in [4.78, 5) is 24.7. The third-order valence-electron chi connectivity index (χ3n) is 4.60. The van der Waals surface area contributed by atoms with Crippen LogP contribution in [0.1, 0.15) is 25.7 Å². The normalized spacial score (nSPS) is 15.0. The maximum atomic E-state index is 12.9. The van der Waals surface area contributed by atoms with Crippen LogP contribution in [0.2, 0.25) is 0 Å². The molecule has 0 aliphatic heterocycles. The molecule has 1 saturated carbocycles. The summed E-state index contributed by atoms with van der Waals surface area (Å²) >= 11 is 0. The lowest BCUT2D eigenvalue weighted by atomic mass is 9.92. The number of carbonyl (C=O) groups excluding carboxylic acids is 2. The van der Waals surface area contributed by atoms with Gasteiger partial charge in [0, 0.05) is 11.6 Å². The van der Waals surface area contributed by atoms with Crippen LogP contribution < -0.4 is 10.1 Å². The van der Waals surface area contributed by atoms with Crippen molar-refractivity contribution < 1.29 is 18.7 Å². The molecule has 1 unspecified atom stereocenters. The van der Waals surface area contributed by atoms with Gasteiger partial charge < -0.3 is 10.1 Å². The molecule has 1 aliphatic rings. The fourth-order valence-corrected chi connectivity index (χ4v) is 3.16. The molecule has 27 heavy (non-hydrogen) atoms. The van der Waals surface area contributed by atoms with Crippen LogP contribution in [0.5, 0.6) is 11.5 Å². The molecule has 0 spiro atoms. The summed E-state index contributed by atoms with van der Waals surface area (Å²) in [5.74, 6) is -1.72. The van der Waals surface area contributed by atoms with E-state index in [9.17, 15) is 19.2 Å². The lowest BCUT2D eigenvalue weighted by molar-refractivity contribution is -0.131. The summed E-state index contributed by atoms with van der Waals surface area (Å²) in [6.45, 7) is 0. The summed E-state index contributed by atoms with van der Waals surface area (Å²) < 4.78 is 18.5. The first-order valence-corrected chi connectivity index (χ1v) is 8.84. The van der Waals surface area contributed by atoms with Crippen LogP contribution in [0, 0.1) is 29.0 Å². The lowest BCUT2D eigenvalue weighted by Gasteiger charge is -2.13. The Kier molecular flexibility index (Phi) is 5.82. The molecule has 138 valence electrons. The van der Waals surface area contributed by atoms with Crippen molar-refractivity contribution in [2.75, 3.05) is 5.32 Å². The van der Waals surface area contributed by atoms with Crippen molar-refractivity contribution in [2.45, 2.75) is 25.7 Å². The molecular weight excluding hydrogens is 347 g/mol. The molecule has 1 fully saturated rings. The van der Waals surface area contributed by atoms with Gasteiger partial charge in [-0.2, -0.15) is 5.26 Å². The highest BCUT2D eigenvalue weighted by molar-refractivity contribution is 6.10. The second-order valence-electron chi connectivity index (χ2n) is 6.52. The lowest BCUT2D eigenvalue weighted by Crippen LogP contribution is -2.32. The number of benzene rings is 2. The van der Waals surface area contributed by atoms with Gasteiger partial charge in [0.25, 0.3) is 0 Å². The Labute approximate surface area is 156 Å². The van der Waals surface area contributed by atoms with E-state index in [4.69, 9.17) is 4.74 Å². The second-order valence-corrected chi connectivity index (χ2v) is 6.52. The van der Waals surface area contributed by atoms with Crippen LogP contribution in [-0.2, 0) is 9.59 Å². The van der Waals surface area contributed by atoms with Crippen LogP contribution in [0.15, 0.2) is 48.5 Å². The summed E-state index contributed by atoms with van der Waals surface area (Å²) in [5, 5.41) is 11.9. The molecular formula is C21H19FN2O3. The van der Waals surface area contributed by atoms with Crippen LogP contribution in [0.25, 0.3) is 0 Å². The highest BCUT2D eigenvalue weighted by Gasteiger charge is 2.33. The number of nitrogens with one attached hydrogen (secondary N) is 1. The van der Waals surface area contributed by atoms with E-state index >= 15 is 0 Å². The fraction of sp³-hybridized carbons (Fsp3) is 0.286. The standard InChI is InChI=1S/C21H19FN2O3/c22-15-5-9-17(10-6-15)27-18-11-7-16(8-12-18)24-21(26)19(13-23)20(25)14-3-1-2-4-14/h5-12,14,19H,1-4H2,(H,24,26). The number of Topliss-reactive ketones (excluding diaryl/α,β-unsaturated/α-hetero) is 1. The minimum atomic E-state index is -1.29. The van der Waals surface area contributed by atoms with Crippen LogP contribution in [0.4, 0.5) is 10.1 Å². The summed E-state index contributed by atoms with van der Waals surface area (Å²) in [7, 11) is 0. The third-order valence-corrected chi connectivity index (χ3v) is 4.60. The van der Waals surface area contributed by atoms with Gasteiger partial charge in [0.2, 0.25) is 5.91 Å². The van der Waals surface area contributed by atoms with E-state index in [2.05, 4.69) is 5.32 Å². The molecule has 0 radical (unpaired) electrons. The number of carbonyl (C=O) groups is 2. The Morgan fingerprint density at radius 1 is 1.04 bits per heavy atom. The number of rotatable bonds is 6. The molecule has 6 heteroatoms. The minimum absolute atomic E-state index is 0.188. The Morgan fingerprint density at radius 2 is 1.59 bits per heavy atom. The number of ketones is 1. The number of amides is 1. The molecule has 1 atom stereocenters. The predicted octanol–water partition coefficient (Wildman–Crippen LogP) is 4.46. The van der Waals surface area contributed by atoms with Crippen molar-refractivity contribution in [2.24, 2.45) is 11.8 Å². The number of hydrogen-bond donors (Lipinski definition) is 1. The van der Waals surface area contributed by atoms with Gasteiger partial charge in [0.15, 0.2) is 11.7 Å². The maximum Gasteiger partial charge on any atom is 0.249 e. The van der Waals surface area contributed by atoms with E-state index in [-0.39, 0.29) is 17.5 Å². The SMILES string of the molecule is N#CC(C(=O)Nc1ccc(Oc2ccc(F)cc2)cc1)C(=O)C1CCCC1. The van der Waals surface area contributed by atoms with Gasteiger partial charge in [0.05, 0.1) is 6.07 Å². The van der Waals surface area contributed by atoms with Gasteiger partial charge in [-0.3, -0.25) is 9.59 Å². The largest absolute Gasteiger partial charge is 0.457 e. The van der Waals surface area contributed by atoms with Crippen LogP contribution in [-0.4, -0.2) is 11.7 Å². The molecule has 1 aliphatic carbocycles. The highest BCUT2D eigenvalue weighted by atomic mass is 19.1. The van der Waals surface area contributed by atoms with Gasteiger partial charge in [-0.05, 0) is 61.4 Å². The van der Waals surface area contributed by atoms with E-state index in [0.717, 1.165) is 25.7 Å². The first-order chi connectivity index (χ1) is 13.1. The number of nitrogens with zero attached hydrogens (tertiary/aromatic N) is 1. The Hall–Kier alpha value is -3.20. The van der Waals surface area contributed by atoms with Crippen LogP contribution in [0.3, 0.4) is 0 Å². The molecule has 3 rings (SSSR count). The molecule has 0 saturated heterocycles. The van der Waals surface area contributed by atoms with Crippen molar-refractivity contribution in [3.05, 3.63) is 54.3 Å². The highest BCUT2D eigenvalue weighted by Crippen LogP contribution is 2.28. The molecule has 2 aromatic carbocycles. The number of anilines is 1. The van der Waals surface area contributed by atoms with E-state index in [1.54, 1.807) is 24.3 Å². The number of hydrogen-bond acceptors (Lipinski definition) is 4. The van der Waals surface area contributed by atoms with Crippen molar-refractivity contribution in [3.8, 4) is 17.6 Å². The first-order valence-electron chi connectivity index (χ1n) is 8.84. The zero-order valence-corrected chi connectivity index (χ0v) is 14.7. The average molecular weight is 366 g/mol. The monoisotopic (exact) mass is 366 g/mol. The minimum Gasteiger partial charge on any atom is -0.457 e. The predicted molar refractivity (Wildman–Crippen MR) is 97.6 cm³/mol. The molecule has 1 N–H and O–H groups in total. The van der Waals surface area contributed by atoms with Crippen molar-refractivity contribution >= 4 is 17.4 Å². The summed E-state index contributed by atoms with van der Waals surface area (Å²) in [5.41, 5.74) is 0.464. The van der Waals surface area contributed by atoms with Crippen molar-refractivity contribution in [3.63, 3.8) is 0 Å². The van der Waals surface area contributed by atoms with Gasteiger partial charge in [-0.25, -0.2) is 4.39 Å². The van der Waals surface area contributed by atoms with E-state index in [1.165, 1.54) is 24.3 Å². The smallest absolute Gasteiger partial charge is 0.249 e. The summed E-state index contributed by atoms with van der Waals surface area (Å²) in [6.07, 6.45) is 3.43. The molecule has 1 amide bonds. The summed E-state index contributed by atoms with van der Waals surface area (Å²) in [6, 6.07) is 14.0. The molecule has 0 aromatic heterocycles. The topological polar surface area (TPSA) is 79.2 Å². The number of nitriles is 1. The van der Waals surface area contributed by atoms with Crippen molar-refractivity contribution in [1.82, 2.24) is 0 Å². The quantitative estimate of drug-likeness (QED) is 0.766. The maximum absolute atomic E-state index is 12.9. The van der Waals surface area contributed by atoms with Gasteiger partial charge in [-0.1, -0.05) is 12.8 Å². The molecule has 0 heterocycles. The van der Waals surface area contributed by atoms with Crippen LogP contribution >= 0.6 is 0 Å². The van der Waals surface area contributed by atoms with E-state index < -0.39 is 11.8 Å². The molecule has 2 aromatic rings. The second kappa shape index (κ2) is 8.45. The van der Waals surface area contributed by atoms with Gasteiger partial charge in [0.1, 0.15) is 17.3 Å². The third kappa shape index (κ3) is 4.70. The number of halogens is 1. The van der Waals surface area contributed by atoms with E-state index in [1.807, 2.05) is 6.07 Å². The van der Waals surface area contributed by atoms with Gasteiger partial charge >= 0.3 is 0 Å². The zero-order chi connectivity index (χ0) is 19.2. The Morgan fingerprint density at radius 3 is 2.15 bits per heavy atom. The Bertz CT molecular complexity index is 850. The first kappa shape index (κ1) is 18.6.